The van der Waals surface area contributed by atoms with Crippen LogP contribution in [-0.4, -0.2) is 65.1 Å². The maximum Gasteiger partial charge on any atom is 0.265 e. The fourth-order valence-corrected chi connectivity index (χ4v) is 4.62. The van der Waals surface area contributed by atoms with E-state index in [1.807, 2.05) is 17.0 Å². The minimum absolute atomic E-state index is 0.00859. The van der Waals surface area contributed by atoms with E-state index in [9.17, 15) is 9.59 Å². The number of rotatable bonds is 2. The summed E-state index contributed by atoms with van der Waals surface area (Å²) < 4.78 is 12.0. The summed E-state index contributed by atoms with van der Waals surface area (Å²) in [6.07, 6.45) is 3.21. The minimum Gasteiger partial charge on any atom is -0.347 e. The van der Waals surface area contributed by atoms with Crippen molar-refractivity contribution in [2.45, 2.75) is 18.6 Å². The zero-order valence-corrected chi connectivity index (χ0v) is 16.6. The molecule has 2 amide bonds. The SMILES string of the molecule is CN1C(=O)/C(=C/c2ccc(C(=O)N3CCC4(CC3)OCCO4)cc2)SC1=S. The van der Waals surface area contributed by atoms with Crippen LogP contribution in [0.3, 0.4) is 0 Å². The van der Waals surface area contributed by atoms with Gasteiger partial charge in [-0.05, 0) is 23.8 Å². The molecule has 0 bridgehead atoms. The van der Waals surface area contributed by atoms with E-state index in [0.29, 0.717) is 53.9 Å². The van der Waals surface area contributed by atoms with Crippen molar-refractivity contribution < 1.29 is 19.1 Å². The number of thiocarbonyl (C=S) groups is 1. The first kappa shape index (κ1) is 18.6. The summed E-state index contributed by atoms with van der Waals surface area (Å²) >= 11 is 6.43. The smallest absolute Gasteiger partial charge is 0.265 e. The van der Waals surface area contributed by atoms with Crippen molar-refractivity contribution in [3.05, 3.63) is 40.3 Å². The predicted molar refractivity (Wildman–Crippen MR) is 107 cm³/mol. The summed E-state index contributed by atoms with van der Waals surface area (Å²) in [5, 5.41) is 0. The van der Waals surface area contributed by atoms with Crippen LogP contribution < -0.4 is 0 Å². The van der Waals surface area contributed by atoms with Crippen molar-refractivity contribution >= 4 is 46.2 Å². The maximum atomic E-state index is 12.7. The number of carbonyl (C=O) groups is 2. The fraction of sp³-hybridized carbons (Fsp3) is 0.421. The molecule has 0 aromatic heterocycles. The first-order valence-electron chi connectivity index (χ1n) is 8.86. The van der Waals surface area contributed by atoms with Gasteiger partial charge in [0.15, 0.2) is 5.79 Å². The molecule has 3 saturated heterocycles. The molecule has 27 heavy (non-hydrogen) atoms. The number of likely N-dealkylation sites (N-methyl/N-ethyl adjacent to an activating group) is 1. The molecule has 8 heteroatoms. The largest absolute Gasteiger partial charge is 0.347 e. The number of ether oxygens (including phenoxy) is 2. The number of likely N-dealkylation sites (tertiary alicyclic amines) is 1. The number of benzene rings is 1. The summed E-state index contributed by atoms with van der Waals surface area (Å²) in [6.45, 7) is 2.51. The van der Waals surface area contributed by atoms with Crippen molar-refractivity contribution in [2.24, 2.45) is 0 Å². The van der Waals surface area contributed by atoms with E-state index >= 15 is 0 Å². The van der Waals surface area contributed by atoms with Crippen molar-refractivity contribution in [1.82, 2.24) is 9.80 Å². The van der Waals surface area contributed by atoms with E-state index in [-0.39, 0.29) is 11.8 Å². The highest BCUT2D eigenvalue weighted by molar-refractivity contribution is 8.26. The number of hydrogen-bond donors (Lipinski definition) is 0. The molecule has 142 valence electrons. The number of nitrogens with zero attached hydrogens (tertiary/aromatic N) is 2. The topological polar surface area (TPSA) is 59.1 Å². The first-order chi connectivity index (χ1) is 13.0. The molecule has 0 aliphatic carbocycles. The molecule has 0 radical (unpaired) electrons. The fourth-order valence-electron chi connectivity index (χ4n) is 3.44. The quantitative estimate of drug-likeness (QED) is 0.558. The van der Waals surface area contributed by atoms with Gasteiger partial charge in [-0.2, -0.15) is 0 Å². The highest BCUT2D eigenvalue weighted by atomic mass is 32.2. The van der Waals surface area contributed by atoms with Crippen LogP contribution in [-0.2, 0) is 14.3 Å². The van der Waals surface area contributed by atoms with Crippen molar-refractivity contribution in [2.75, 3.05) is 33.4 Å². The van der Waals surface area contributed by atoms with Gasteiger partial charge in [-0.3, -0.25) is 14.5 Å². The molecular formula is C19H20N2O4S2. The van der Waals surface area contributed by atoms with E-state index in [1.54, 1.807) is 25.3 Å². The molecule has 1 aromatic carbocycles. The first-order valence-corrected chi connectivity index (χ1v) is 10.1. The van der Waals surface area contributed by atoms with E-state index in [0.717, 1.165) is 5.56 Å². The molecule has 4 rings (SSSR count). The normalized spacial score (nSPS) is 23.7. The van der Waals surface area contributed by atoms with Gasteiger partial charge in [-0.1, -0.05) is 36.1 Å². The van der Waals surface area contributed by atoms with Gasteiger partial charge < -0.3 is 14.4 Å². The monoisotopic (exact) mass is 404 g/mol. The van der Waals surface area contributed by atoms with E-state index in [2.05, 4.69) is 0 Å². The summed E-state index contributed by atoms with van der Waals surface area (Å²) in [4.78, 5) is 28.7. The lowest BCUT2D eigenvalue weighted by Gasteiger charge is -2.37. The number of piperidine rings is 1. The molecule has 1 aromatic rings. The maximum absolute atomic E-state index is 12.7. The third kappa shape index (κ3) is 3.67. The van der Waals surface area contributed by atoms with E-state index < -0.39 is 5.79 Å². The second-order valence-corrected chi connectivity index (χ2v) is 8.44. The number of amides is 2. The van der Waals surface area contributed by atoms with Crippen molar-refractivity contribution in [3.8, 4) is 0 Å². The molecule has 6 nitrogen and oxygen atoms in total. The van der Waals surface area contributed by atoms with E-state index in [1.165, 1.54) is 16.7 Å². The Morgan fingerprint density at radius 1 is 1.19 bits per heavy atom. The average molecular weight is 405 g/mol. The average Bonchev–Trinajstić information content (AvgIpc) is 3.23. The van der Waals surface area contributed by atoms with Gasteiger partial charge >= 0.3 is 0 Å². The van der Waals surface area contributed by atoms with Crippen LogP contribution in [0.25, 0.3) is 6.08 Å². The van der Waals surface area contributed by atoms with Crippen molar-refractivity contribution in [1.29, 1.82) is 0 Å². The predicted octanol–water partition coefficient (Wildman–Crippen LogP) is 2.50. The molecule has 3 aliphatic rings. The van der Waals surface area contributed by atoms with Gasteiger partial charge in [0.2, 0.25) is 0 Å². The Hall–Kier alpha value is -1.74. The van der Waals surface area contributed by atoms with Gasteiger partial charge in [0.25, 0.3) is 11.8 Å². The van der Waals surface area contributed by atoms with Crippen LogP contribution in [0.15, 0.2) is 29.2 Å². The lowest BCUT2D eigenvalue weighted by atomic mass is 10.0. The summed E-state index contributed by atoms with van der Waals surface area (Å²) in [5.41, 5.74) is 1.50. The summed E-state index contributed by atoms with van der Waals surface area (Å²) in [6, 6.07) is 7.30. The summed E-state index contributed by atoms with van der Waals surface area (Å²) in [5.74, 6) is -0.565. The molecule has 0 N–H and O–H groups in total. The Bertz CT molecular complexity index is 806. The number of carbonyl (C=O) groups excluding carboxylic acids is 2. The van der Waals surface area contributed by atoms with Gasteiger partial charge in [0.05, 0.1) is 18.1 Å². The van der Waals surface area contributed by atoms with Crippen LogP contribution in [0.4, 0.5) is 0 Å². The third-order valence-electron chi connectivity index (χ3n) is 5.07. The Kier molecular flexibility index (Phi) is 5.07. The Labute approximate surface area is 167 Å². The van der Waals surface area contributed by atoms with Crippen LogP contribution in [0.1, 0.15) is 28.8 Å². The zero-order chi connectivity index (χ0) is 19.0. The molecule has 3 aliphatic heterocycles. The minimum atomic E-state index is -0.480. The number of thioether (sulfide) groups is 1. The van der Waals surface area contributed by atoms with Crippen LogP contribution in [0.5, 0.6) is 0 Å². The standard InChI is InChI=1S/C19H20N2O4S2/c1-20-17(23)15(27-18(20)26)12-13-2-4-14(5-3-13)16(22)21-8-6-19(7-9-21)24-10-11-25-19/h2-5,12H,6-11H2,1H3/b15-12-. The molecule has 1 spiro atoms. The van der Waals surface area contributed by atoms with Gasteiger partial charge in [0.1, 0.15) is 4.32 Å². The second kappa shape index (κ2) is 7.35. The lowest BCUT2D eigenvalue weighted by molar-refractivity contribution is -0.181. The third-order valence-corrected chi connectivity index (χ3v) is 6.55. The van der Waals surface area contributed by atoms with Crippen molar-refractivity contribution in [3.63, 3.8) is 0 Å². The van der Waals surface area contributed by atoms with E-state index in [4.69, 9.17) is 21.7 Å². The Balaban J connectivity index is 1.41. The highest BCUT2D eigenvalue weighted by Crippen LogP contribution is 2.32. The highest BCUT2D eigenvalue weighted by Gasteiger charge is 2.40. The van der Waals surface area contributed by atoms with Crippen LogP contribution >= 0.6 is 24.0 Å². The molecule has 0 atom stereocenters. The molecular weight excluding hydrogens is 384 g/mol. The number of hydrogen-bond acceptors (Lipinski definition) is 6. The zero-order valence-electron chi connectivity index (χ0n) is 15.0. The molecule has 3 fully saturated rings. The van der Waals surface area contributed by atoms with Gasteiger partial charge in [-0.25, -0.2) is 0 Å². The van der Waals surface area contributed by atoms with Crippen LogP contribution in [0.2, 0.25) is 0 Å². The van der Waals surface area contributed by atoms with Crippen LogP contribution in [0, 0.1) is 0 Å². The Morgan fingerprint density at radius 2 is 1.81 bits per heavy atom. The lowest BCUT2D eigenvalue weighted by Crippen LogP contribution is -2.47. The second-order valence-electron chi connectivity index (χ2n) is 6.76. The Morgan fingerprint density at radius 3 is 2.37 bits per heavy atom. The summed E-state index contributed by atoms with van der Waals surface area (Å²) in [7, 11) is 1.67. The van der Waals surface area contributed by atoms with Gasteiger partial charge in [-0.15, -0.1) is 0 Å². The molecule has 0 saturated carbocycles. The van der Waals surface area contributed by atoms with Gasteiger partial charge in [0, 0.05) is 38.5 Å². The molecule has 0 unspecified atom stereocenters. The molecule has 3 heterocycles.